The van der Waals surface area contributed by atoms with Gasteiger partial charge in [0, 0.05) is 24.9 Å². The number of hydrogen-bond donors (Lipinski definition) is 0. The number of unbranched alkanes of at least 4 members (excludes halogenated alkanes) is 1. The molecule has 3 nitrogen and oxygen atoms in total. The zero-order valence-electron chi connectivity index (χ0n) is 12.4. The number of benzene rings is 1. The van der Waals surface area contributed by atoms with E-state index in [4.69, 9.17) is 11.6 Å². The first-order chi connectivity index (χ1) is 10.0. The normalized spacial score (nSPS) is 11.7. The third kappa shape index (κ3) is 4.18. The first kappa shape index (κ1) is 16.7. The summed E-state index contributed by atoms with van der Waals surface area (Å²) in [5.41, 5.74) is 1.66. The Labute approximate surface area is 138 Å². The van der Waals surface area contributed by atoms with Crippen LogP contribution in [0.2, 0.25) is 0 Å². The maximum absolute atomic E-state index is 13.6. The zero-order valence-corrected chi connectivity index (χ0v) is 14.7. The number of alkyl halides is 1. The average Bonchev–Trinajstić information content (AvgIpc) is 2.73. The van der Waals surface area contributed by atoms with Crippen LogP contribution in [-0.4, -0.2) is 41.0 Å². The number of fused-ring (bicyclic) bond motifs is 1. The molecule has 2 rings (SSSR count). The smallest absolute Gasteiger partial charge is 0.139 e. The Morgan fingerprint density at radius 3 is 2.76 bits per heavy atom. The summed E-state index contributed by atoms with van der Waals surface area (Å²) in [5, 5.41) is 0. The topological polar surface area (TPSA) is 21.1 Å². The van der Waals surface area contributed by atoms with Gasteiger partial charge in [-0.25, -0.2) is 9.37 Å². The molecule has 0 bridgehead atoms. The summed E-state index contributed by atoms with van der Waals surface area (Å²) in [7, 11) is 4.15. The molecule has 0 spiro atoms. The maximum atomic E-state index is 13.6. The molecule has 0 unspecified atom stereocenters. The fourth-order valence-corrected chi connectivity index (χ4v) is 2.89. The minimum Gasteiger partial charge on any atom is -0.328 e. The highest BCUT2D eigenvalue weighted by Crippen LogP contribution is 2.25. The molecule has 0 aliphatic carbocycles. The molecule has 2 aromatic rings. The van der Waals surface area contributed by atoms with E-state index in [0.29, 0.717) is 22.3 Å². The van der Waals surface area contributed by atoms with Crippen LogP contribution >= 0.6 is 27.5 Å². The second-order valence-corrected chi connectivity index (χ2v) is 6.62. The molecule has 0 saturated carbocycles. The Morgan fingerprint density at radius 2 is 2.10 bits per heavy atom. The summed E-state index contributed by atoms with van der Waals surface area (Å²) in [6.07, 6.45) is 2.88. The monoisotopic (exact) mass is 375 g/mol. The SMILES string of the molecule is CN(C)CCCCn1c(CCCl)nc2cc(F)c(Br)cc21. The Bertz CT molecular complexity index is 612. The molecule has 0 atom stereocenters. The highest BCUT2D eigenvalue weighted by atomic mass is 79.9. The summed E-state index contributed by atoms with van der Waals surface area (Å²) in [4.78, 5) is 6.70. The summed E-state index contributed by atoms with van der Waals surface area (Å²) in [6.45, 7) is 1.95. The summed E-state index contributed by atoms with van der Waals surface area (Å²) in [5.74, 6) is 1.17. The molecule has 1 aromatic heterocycles. The minimum absolute atomic E-state index is 0.280. The van der Waals surface area contributed by atoms with E-state index < -0.39 is 0 Å². The lowest BCUT2D eigenvalue weighted by molar-refractivity contribution is 0.387. The van der Waals surface area contributed by atoms with Gasteiger partial charge in [0.25, 0.3) is 0 Å². The van der Waals surface area contributed by atoms with Crippen LogP contribution in [0.25, 0.3) is 11.0 Å². The standard InChI is InChI=1S/C15H20BrClFN3/c1-20(2)7-3-4-8-21-14-9-11(16)12(18)10-13(14)19-15(21)5-6-17/h9-10H,3-8H2,1-2H3. The van der Waals surface area contributed by atoms with E-state index in [0.717, 1.165) is 37.3 Å². The number of hydrogen-bond acceptors (Lipinski definition) is 2. The number of aromatic nitrogens is 2. The molecule has 21 heavy (non-hydrogen) atoms. The summed E-state index contributed by atoms with van der Waals surface area (Å²) in [6, 6.07) is 3.29. The van der Waals surface area contributed by atoms with Crippen LogP contribution in [0.15, 0.2) is 16.6 Å². The second-order valence-electron chi connectivity index (χ2n) is 5.38. The van der Waals surface area contributed by atoms with Crippen molar-refractivity contribution in [3.63, 3.8) is 0 Å². The largest absolute Gasteiger partial charge is 0.328 e. The Balaban J connectivity index is 2.25. The van der Waals surface area contributed by atoms with Crippen LogP contribution < -0.4 is 0 Å². The molecular weight excluding hydrogens is 357 g/mol. The van der Waals surface area contributed by atoms with Crippen LogP contribution in [0.5, 0.6) is 0 Å². The minimum atomic E-state index is -0.280. The van der Waals surface area contributed by atoms with Gasteiger partial charge in [-0.15, -0.1) is 11.6 Å². The van der Waals surface area contributed by atoms with Gasteiger partial charge in [0.1, 0.15) is 11.6 Å². The zero-order chi connectivity index (χ0) is 15.4. The van der Waals surface area contributed by atoms with Crippen LogP contribution in [0.1, 0.15) is 18.7 Å². The van der Waals surface area contributed by atoms with Gasteiger partial charge in [0.15, 0.2) is 0 Å². The molecule has 0 radical (unpaired) electrons. The van der Waals surface area contributed by atoms with Crippen LogP contribution in [-0.2, 0) is 13.0 Å². The number of nitrogens with zero attached hydrogens (tertiary/aromatic N) is 3. The third-order valence-corrected chi connectivity index (χ3v) is 4.22. The van der Waals surface area contributed by atoms with Crippen molar-refractivity contribution in [3.8, 4) is 0 Å². The molecule has 1 heterocycles. The molecule has 6 heteroatoms. The number of rotatable bonds is 7. The van der Waals surface area contributed by atoms with Crippen molar-refractivity contribution in [2.45, 2.75) is 25.8 Å². The molecule has 0 amide bonds. The van der Waals surface area contributed by atoms with Gasteiger partial charge in [-0.05, 0) is 55.5 Å². The van der Waals surface area contributed by atoms with E-state index in [9.17, 15) is 4.39 Å². The lowest BCUT2D eigenvalue weighted by atomic mass is 10.2. The van der Waals surface area contributed by atoms with Crippen molar-refractivity contribution in [2.24, 2.45) is 0 Å². The van der Waals surface area contributed by atoms with E-state index in [-0.39, 0.29) is 5.82 Å². The Hall–Kier alpha value is -0.650. The molecule has 0 aliphatic rings. The van der Waals surface area contributed by atoms with Gasteiger partial charge in [-0.2, -0.15) is 0 Å². The van der Waals surface area contributed by atoms with Crippen LogP contribution in [0.4, 0.5) is 4.39 Å². The molecule has 116 valence electrons. The number of halogens is 3. The highest BCUT2D eigenvalue weighted by molar-refractivity contribution is 9.10. The maximum Gasteiger partial charge on any atom is 0.139 e. The number of aryl methyl sites for hydroxylation is 2. The van der Waals surface area contributed by atoms with Crippen molar-refractivity contribution in [1.82, 2.24) is 14.5 Å². The summed E-state index contributed by atoms with van der Waals surface area (Å²) < 4.78 is 16.3. The Morgan fingerprint density at radius 1 is 1.33 bits per heavy atom. The van der Waals surface area contributed by atoms with Crippen LogP contribution in [0.3, 0.4) is 0 Å². The third-order valence-electron chi connectivity index (χ3n) is 3.42. The first-order valence-corrected chi connectivity index (χ1v) is 8.40. The van der Waals surface area contributed by atoms with E-state index in [2.05, 4.69) is 44.5 Å². The number of imidazole rings is 1. The predicted octanol–water partition coefficient (Wildman–Crippen LogP) is 4.06. The molecule has 0 saturated heterocycles. The van der Waals surface area contributed by atoms with E-state index in [1.54, 1.807) is 6.07 Å². The van der Waals surface area contributed by atoms with Crippen molar-refractivity contribution in [1.29, 1.82) is 0 Å². The van der Waals surface area contributed by atoms with Gasteiger partial charge < -0.3 is 9.47 Å². The average molecular weight is 377 g/mol. The van der Waals surface area contributed by atoms with Crippen molar-refractivity contribution < 1.29 is 4.39 Å². The van der Waals surface area contributed by atoms with Gasteiger partial charge >= 0.3 is 0 Å². The van der Waals surface area contributed by atoms with Gasteiger partial charge in [-0.1, -0.05) is 0 Å². The molecule has 1 aromatic carbocycles. The molecule has 0 aliphatic heterocycles. The lowest BCUT2D eigenvalue weighted by Gasteiger charge is -2.11. The van der Waals surface area contributed by atoms with Crippen molar-refractivity contribution in [2.75, 3.05) is 26.5 Å². The second kappa shape index (κ2) is 7.56. The van der Waals surface area contributed by atoms with E-state index >= 15 is 0 Å². The fraction of sp³-hybridized carbons (Fsp3) is 0.533. The van der Waals surface area contributed by atoms with Crippen LogP contribution in [0, 0.1) is 5.82 Å². The lowest BCUT2D eigenvalue weighted by Crippen LogP contribution is -2.14. The fourth-order valence-electron chi connectivity index (χ4n) is 2.39. The first-order valence-electron chi connectivity index (χ1n) is 7.07. The van der Waals surface area contributed by atoms with E-state index in [1.165, 1.54) is 6.07 Å². The van der Waals surface area contributed by atoms with Crippen molar-refractivity contribution >= 4 is 38.6 Å². The molecular formula is C15H20BrClFN3. The van der Waals surface area contributed by atoms with Gasteiger partial charge in [0.2, 0.25) is 0 Å². The quantitative estimate of drug-likeness (QED) is 0.537. The highest BCUT2D eigenvalue weighted by Gasteiger charge is 2.13. The van der Waals surface area contributed by atoms with Gasteiger partial charge in [-0.3, -0.25) is 0 Å². The van der Waals surface area contributed by atoms with E-state index in [1.807, 2.05) is 0 Å². The van der Waals surface area contributed by atoms with Gasteiger partial charge in [0.05, 0.1) is 15.5 Å². The predicted molar refractivity (Wildman–Crippen MR) is 89.6 cm³/mol. The Kier molecular flexibility index (Phi) is 6.02. The molecule has 0 N–H and O–H groups in total. The van der Waals surface area contributed by atoms with Crippen molar-refractivity contribution in [3.05, 3.63) is 28.2 Å². The molecule has 0 fully saturated rings. The summed E-state index contributed by atoms with van der Waals surface area (Å²) >= 11 is 9.11.